The van der Waals surface area contributed by atoms with E-state index < -0.39 is 12.2 Å². The molecule has 0 aliphatic carbocycles. The van der Waals surface area contributed by atoms with Crippen LogP contribution in [0.1, 0.15) is 12.8 Å². The normalized spacial score (nSPS) is 40.5. The molecule has 1 aliphatic rings. The summed E-state index contributed by atoms with van der Waals surface area (Å²) < 4.78 is 5.50. The van der Waals surface area contributed by atoms with Crippen molar-refractivity contribution in [1.29, 1.82) is 0 Å². The van der Waals surface area contributed by atoms with E-state index in [0.29, 0.717) is 12.8 Å². The van der Waals surface area contributed by atoms with Crippen molar-refractivity contribution < 1.29 is 14.9 Å². The second kappa shape index (κ2) is 5.21. The molecular weight excluding hydrogens is 199 g/mol. The van der Waals surface area contributed by atoms with Gasteiger partial charge in [-0.25, -0.2) is 0 Å². The van der Waals surface area contributed by atoms with Crippen LogP contribution in [0.3, 0.4) is 0 Å². The fourth-order valence-electron chi connectivity index (χ4n) is 1.65. The van der Waals surface area contributed by atoms with Gasteiger partial charge in [-0.3, -0.25) is 0 Å². The van der Waals surface area contributed by atoms with Crippen molar-refractivity contribution in [3.8, 4) is 0 Å². The molecule has 80 valence electrons. The van der Waals surface area contributed by atoms with Crippen molar-refractivity contribution in [2.45, 2.75) is 42.4 Å². The molecule has 2 N–H and O–H groups in total. The monoisotopic (exact) mass is 216 g/mol. The van der Waals surface area contributed by atoms with Crippen molar-refractivity contribution in [3.63, 3.8) is 0 Å². The first-order valence-electron chi connectivity index (χ1n) is 4.86. The Morgan fingerprint density at radius 2 is 2.21 bits per heavy atom. The van der Waals surface area contributed by atoms with Crippen LogP contribution in [0.4, 0.5) is 0 Å². The Morgan fingerprint density at radius 1 is 1.57 bits per heavy atom. The molecule has 0 radical (unpaired) electrons. The van der Waals surface area contributed by atoms with Crippen LogP contribution in [0.25, 0.3) is 0 Å². The Kier molecular flexibility index (Phi) is 4.51. The molecule has 0 aromatic rings. The highest BCUT2D eigenvalue weighted by Crippen LogP contribution is 2.25. The second-order valence-corrected chi connectivity index (χ2v) is 4.43. The van der Waals surface area contributed by atoms with E-state index in [1.54, 1.807) is 13.9 Å². The summed E-state index contributed by atoms with van der Waals surface area (Å²) in [6, 6.07) is -0.233. The van der Waals surface area contributed by atoms with E-state index >= 15 is 0 Å². The minimum atomic E-state index is -0.636. The number of allylic oxidation sites excluding steroid dienone is 1. The van der Waals surface area contributed by atoms with E-state index in [2.05, 4.69) is 19.2 Å². The quantitative estimate of drug-likeness (QED) is 0.333. The summed E-state index contributed by atoms with van der Waals surface area (Å²) in [5, 5.41) is 19.1. The Labute approximate surface area is 91.0 Å². The van der Waals surface area contributed by atoms with E-state index in [4.69, 9.17) is 4.74 Å². The van der Waals surface area contributed by atoms with Gasteiger partial charge < -0.3 is 14.9 Å². The Hall–Kier alpha value is 0.0349. The van der Waals surface area contributed by atoms with Gasteiger partial charge in [0.15, 0.2) is 0 Å². The van der Waals surface area contributed by atoms with Crippen molar-refractivity contribution in [2.24, 2.45) is 0 Å². The predicted molar refractivity (Wildman–Crippen MR) is 61.4 cm³/mol. The van der Waals surface area contributed by atoms with Crippen LogP contribution < -0.4 is 0 Å². The molecule has 5 heteroatoms. The van der Waals surface area contributed by atoms with Gasteiger partial charge in [0.1, 0.15) is 7.85 Å². The number of ether oxygens (including phenoxy) is 1. The zero-order valence-corrected chi connectivity index (χ0v) is 9.23. The lowest BCUT2D eigenvalue weighted by Gasteiger charge is -2.38. The SMILES string of the molecule is BC1OC(C(S)CC=C)[C@@H](O)CC1O. The van der Waals surface area contributed by atoms with E-state index in [1.807, 2.05) is 0 Å². The maximum atomic E-state index is 9.69. The summed E-state index contributed by atoms with van der Waals surface area (Å²) in [6.07, 6.45) is 1.28. The standard InChI is InChI=1S/C9H17BO3S/c1-2-3-7(14)8-5(11)4-6(12)9(10)13-8/h2,5-9,11-12,14H,1,3-4,10H2/t5-,6?,7?,8?,9?/m0/s1. The number of hydrogen-bond acceptors (Lipinski definition) is 4. The molecule has 1 heterocycles. The van der Waals surface area contributed by atoms with Crippen LogP contribution in [-0.4, -0.2) is 47.6 Å². The largest absolute Gasteiger partial charge is 0.391 e. The highest BCUT2D eigenvalue weighted by molar-refractivity contribution is 7.81. The number of aliphatic hydroxyl groups excluding tert-OH is 2. The molecule has 14 heavy (non-hydrogen) atoms. The first-order valence-corrected chi connectivity index (χ1v) is 5.38. The third kappa shape index (κ3) is 2.76. The number of rotatable bonds is 3. The summed E-state index contributed by atoms with van der Waals surface area (Å²) in [7, 11) is 1.80. The summed E-state index contributed by atoms with van der Waals surface area (Å²) in [5.41, 5.74) is 0. The maximum absolute atomic E-state index is 9.69. The first-order chi connectivity index (χ1) is 6.56. The average Bonchev–Trinajstić information content (AvgIpc) is 2.11. The summed E-state index contributed by atoms with van der Waals surface area (Å²) in [4.78, 5) is 0. The van der Waals surface area contributed by atoms with E-state index in [1.165, 1.54) is 0 Å². The van der Waals surface area contributed by atoms with Gasteiger partial charge in [-0.05, 0) is 6.42 Å². The van der Waals surface area contributed by atoms with Crippen LogP contribution >= 0.6 is 12.6 Å². The average molecular weight is 216 g/mol. The van der Waals surface area contributed by atoms with Crippen LogP contribution in [0, 0.1) is 0 Å². The predicted octanol–water partition coefficient (Wildman–Crippen LogP) is -0.669. The van der Waals surface area contributed by atoms with Crippen molar-refractivity contribution in [2.75, 3.05) is 0 Å². The molecule has 0 saturated carbocycles. The van der Waals surface area contributed by atoms with Gasteiger partial charge in [0.25, 0.3) is 0 Å². The van der Waals surface area contributed by atoms with Gasteiger partial charge in [-0.15, -0.1) is 6.58 Å². The van der Waals surface area contributed by atoms with Crippen molar-refractivity contribution in [1.82, 2.24) is 0 Å². The highest BCUT2D eigenvalue weighted by atomic mass is 32.1. The van der Waals surface area contributed by atoms with Gasteiger partial charge in [-0.1, -0.05) is 6.08 Å². The third-order valence-corrected chi connectivity index (χ3v) is 3.07. The third-order valence-electron chi connectivity index (χ3n) is 2.56. The summed E-state index contributed by atoms with van der Waals surface area (Å²) in [5.74, 6) is 0. The molecule has 0 aromatic heterocycles. The maximum Gasteiger partial charge on any atom is 0.142 e. The second-order valence-electron chi connectivity index (χ2n) is 3.77. The zero-order valence-electron chi connectivity index (χ0n) is 8.34. The van der Waals surface area contributed by atoms with Crippen LogP contribution in [0.15, 0.2) is 12.7 Å². The molecule has 1 saturated heterocycles. The minimum absolute atomic E-state index is 0.0579. The number of aliphatic hydroxyl groups is 2. The lowest BCUT2D eigenvalue weighted by atomic mass is 9.85. The molecule has 0 amide bonds. The molecule has 1 rings (SSSR count). The van der Waals surface area contributed by atoms with Gasteiger partial charge in [0, 0.05) is 11.7 Å². The molecular formula is C9H17BO3S. The Balaban J connectivity index is 2.56. The topological polar surface area (TPSA) is 49.7 Å². The van der Waals surface area contributed by atoms with E-state index in [0.717, 1.165) is 0 Å². The van der Waals surface area contributed by atoms with Gasteiger partial charge in [0.2, 0.25) is 0 Å². The van der Waals surface area contributed by atoms with Gasteiger partial charge >= 0.3 is 0 Å². The fraction of sp³-hybridized carbons (Fsp3) is 0.778. The van der Waals surface area contributed by atoms with Gasteiger partial charge in [0.05, 0.1) is 24.3 Å². The first kappa shape index (κ1) is 12.1. The minimum Gasteiger partial charge on any atom is -0.391 e. The van der Waals surface area contributed by atoms with Crippen molar-refractivity contribution >= 4 is 20.5 Å². The lowest BCUT2D eigenvalue weighted by Crippen LogP contribution is -2.50. The Morgan fingerprint density at radius 3 is 2.79 bits per heavy atom. The molecule has 0 bridgehead atoms. The molecule has 5 atom stereocenters. The number of hydrogen-bond donors (Lipinski definition) is 3. The van der Waals surface area contributed by atoms with E-state index in [-0.39, 0.29) is 17.4 Å². The molecule has 1 fully saturated rings. The van der Waals surface area contributed by atoms with Crippen molar-refractivity contribution in [3.05, 3.63) is 12.7 Å². The molecule has 3 nitrogen and oxygen atoms in total. The summed E-state index contributed by atoms with van der Waals surface area (Å²) >= 11 is 4.34. The lowest BCUT2D eigenvalue weighted by molar-refractivity contribution is -0.139. The van der Waals surface area contributed by atoms with Crippen LogP contribution in [0.5, 0.6) is 0 Å². The fourth-order valence-corrected chi connectivity index (χ4v) is 2.07. The zero-order chi connectivity index (χ0) is 10.7. The summed E-state index contributed by atoms with van der Waals surface area (Å²) in [6.45, 7) is 3.62. The molecule has 0 aromatic carbocycles. The molecule has 4 unspecified atom stereocenters. The van der Waals surface area contributed by atoms with Crippen LogP contribution in [0.2, 0.25) is 0 Å². The number of thiol groups is 1. The van der Waals surface area contributed by atoms with E-state index in [9.17, 15) is 10.2 Å². The molecule has 0 spiro atoms. The molecule has 1 aliphatic heterocycles. The Bertz CT molecular complexity index is 202. The van der Waals surface area contributed by atoms with Crippen LogP contribution in [-0.2, 0) is 4.74 Å². The highest BCUT2D eigenvalue weighted by Gasteiger charge is 2.36. The van der Waals surface area contributed by atoms with Gasteiger partial charge in [-0.2, -0.15) is 12.6 Å². The smallest absolute Gasteiger partial charge is 0.142 e.